The number of fused-ring (bicyclic) bond motifs is 1. The maximum Gasteiger partial charge on any atom is 0.273 e. The van der Waals surface area contributed by atoms with Crippen molar-refractivity contribution in [3.8, 4) is 17.2 Å². The highest BCUT2D eigenvalue weighted by Gasteiger charge is 2.33. The molecule has 0 atom stereocenters. The molecule has 1 amide bonds. The molecular weight excluding hydrogens is 433 g/mol. The molecule has 5 heterocycles. The van der Waals surface area contributed by atoms with Gasteiger partial charge in [0.1, 0.15) is 11.9 Å². The van der Waals surface area contributed by atoms with Crippen molar-refractivity contribution in [2.24, 2.45) is 0 Å². The molecule has 1 saturated heterocycles. The number of nitrogens with zero attached hydrogens (tertiary/aromatic N) is 6. The second kappa shape index (κ2) is 8.56. The second-order valence-electron chi connectivity index (χ2n) is 8.63. The Bertz CT molecular complexity index is 1400. The maximum atomic E-state index is 13.9. The molecule has 170 valence electrons. The van der Waals surface area contributed by atoms with Crippen LogP contribution in [0.4, 0.5) is 10.2 Å². The molecule has 0 bridgehead atoms. The van der Waals surface area contributed by atoms with E-state index in [1.54, 1.807) is 16.9 Å². The smallest absolute Gasteiger partial charge is 0.273 e. The molecule has 0 saturated carbocycles. The van der Waals surface area contributed by atoms with Crippen molar-refractivity contribution in [3.63, 3.8) is 0 Å². The molecule has 0 unspecified atom stereocenters. The fourth-order valence-electron chi connectivity index (χ4n) is 4.33. The standard InChI is InChI=1S/C25H22FN7O/c1-25(31-24(34)22-20(26)5-2-10-28-22)8-12-32(13-9-25)21-7-6-17(15-29-21)19-4-3-11-33-23(19)18(14-27)16-30-33/h2-7,10-11,15-16H,8-9,12-13H2,1H3,(H,31,34). The molecule has 1 aliphatic heterocycles. The van der Waals surface area contributed by atoms with Crippen molar-refractivity contribution in [2.75, 3.05) is 18.0 Å². The molecule has 1 fully saturated rings. The van der Waals surface area contributed by atoms with Crippen LogP contribution in [0.5, 0.6) is 0 Å². The molecule has 34 heavy (non-hydrogen) atoms. The summed E-state index contributed by atoms with van der Waals surface area (Å²) in [6.45, 7) is 3.37. The van der Waals surface area contributed by atoms with Crippen LogP contribution in [0.3, 0.4) is 0 Å². The number of carbonyl (C=O) groups is 1. The van der Waals surface area contributed by atoms with Gasteiger partial charge in [0.15, 0.2) is 11.5 Å². The van der Waals surface area contributed by atoms with Crippen LogP contribution in [0, 0.1) is 17.1 Å². The zero-order valence-electron chi connectivity index (χ0n) is 18.6. The molecular formula is C25H22FN7O. The molecule has 4 aromatic rings. The largest absolute Gasteiger partial charge is 0.356 e. The van der Waals surface area contributed by atoms with E-state index in [9.17, 15) is 14.4 Å². The fraction of sp³-hybridized carbons (Fsp3) is 0.240. The Morgan fingerprint density at radius 2 is 1.97 bits per heavy atom. The predicted octanol–water partition coefficient (Wildman–Crippen LogP) is 3.59. The van der Waals surface area contributed by atoms with Crippen LogP contribution in [0.1, 0.15) is 35.8 Å². The molecule has 1 N–H and O–H groups in total. The van der Waals surface area contributed by atoms with Crippen LogP contribution in [-0.4, -0.2) is 44.1 Å². The van der Waals surface area contributed by atoms with E-state index in [-0.39, 0.29) is 5.69 Å². The summed E-state index contributed by atoms with van der Waals surface area (Å²) in [5.74, 6) is -0.282. The van der Waals surface area contributed by atoms with Gasteiger partial charge in [0, 0.05) is 48.3 Å². The Balaban J connectivity index is 1.28. The van der Waals surface area contributed by atoms with Crippen molar-refractivity contribution in [1.82, 2.24) is 24.9 Å². The molecule has 0 radical (unpaired) electrons. The van der Waals surface area contributed by atoms with Gasteiger partial charge >= 0.3 is 0 Å². The van der Waals surface area contributed by atoms with Crippen LogP contribution < -0.4 is 10.2 Å². The van der Waals surface area contributed by atoms with Crippen LogP contribution in [-0.2, 0) is 0 Å². The van der Waals surface area contributed by atoms with E-state index in [2.05, 4.69) is 31.4 Å². The van der Waals surface area contributed by atoms with Crippen molar-refractivity contribution in [3.05, 3.63) is 78.3 Å². The van der Waals surface area contributed by atoms with Crippen molar-refractivity contribution in [1.29, 1.82) is 5.26 Å². The summed E-state index contributed by atoms with van der Waals surface area (Å²) in [5, 5.41) is 16.6. The molecule has 9 heteroatoms. The Morgan fingerprint density at radius 3 is 2.68 bits per heavy atom. The number of pyridine rings is 3. The summed E-state index contributed by atoms with van der Waals surface area (Å²) in [5.41, 5.74) is 2.43. The third-order valence-electron chi connectivity index (χ3n) is 6.30. The quantitative estimate of drug-likeness (QED) is 0.505. The number of halogens is 1. The first kappa shape index (κ1) is 21.5. The van der Waals surface area contributed by atoms with E-state index in [0.29, 0.717) is 31.5 Å². The van der Waals surface area contributed by atoms with Gasteiger partial charge in [-0.2, -0.15) is 10.4 Å². The molecule has 0 aromatic carbocycles. The van der Waals surface area contributed by atoms with Crippen molar-refractivity contribution in [2.45, 2.75) is 25.3 Å². The summed E-state index contributed by atoms with van der Waals surface area (Å²) in [4.78, 5) is 23.2. The van der Waals surface area contributed by atoms with E-state index in [4.69, 9.17) is 0 Å². The van der Waals surface area contributed by atoms with E-state index in [0.717, 1.165) is 22.5 Å². The minimum absolute atomic E-state index is 0.184. The lowest BCUT2D eigenvalue weighted by Gasteiger charge is -2.40. The van der Waals surface area contributed by atoms with Crippen molar-refractivity contribution < 1.29 is 9.18 Å². The van der Waals surface area contributed by atoms with E-state index in [1.807, 2.05) is 37.4 Å². The third-order valence-corrected chi connectivity index (χ3v) is 6.30. The summed E-state index contributed by atoms with van der Waals surface area (Å²) in [7, 11) is 0. The predicted molar refractivity (Wildman–Crippen MR) is 125 cm³/mol. The first-order chi connectivity index (χ1) is 16.5. The highest BCUT2D eigenvalue weighted by Crippen LogP contribution is 2.29. The molecule has 0 spiro atoms. The van der Waals surface area contributed by atoms with Crippen LogP contribution >= 0.6 is 0 Å². The number of hydrogen-bond donors (Lipinski definition) is 1. The lowest BCUT2D eigenvalue weighted by Crippen LogP contribution is -2.53. The van der Waals surface area contributed by atoms with Gasteiger partial charge < -0.3 is 10.2 Å². The minimum atomic E-state index is -0.626. The van der Waals surface area contributed by atoms with Gasteiger partial charge in [-0.15, -0.1) is 0 Å². The zero-order chi connectivity index (χ0) is 23.7. The maximum absolute atomic E-state index is 13.9. The van der Waals surface area contributed by atoms with Gasteiger partial charge in [0.25, 0.3) is 5.91 Å². The van der Waals surface area contributed by atoms with Gasteiger partial charge in [0.05, 0.1) is 17.3 Å². The first-order valence-corrected chi connectivity index (χ1v) is 11.0. The van der Waals surface area contributed by atoms with Gasteiger partial charge in [0.2, 0.25) is 0 Å². The molecule has 1 aliphatic rings. The van der Waals surface area contributed by atoms with Crippen LogP contribution in [0.25, 0.3) is 16.6 Å². The number of rotatable bonds is 4. The third kappa shape index (κ3) is 3.94. The summed E-state index contributed by atoms with van der Waals surface area (Å²) in [6, 6.07) is 12.7. The monoisotopic (exact) mass is 455 g/mol. The van der Waals surface area contributed by atoms with Crippen LogP contribution in [0.15, 0.2) is 61.2 Å². The average molecular weight is 455 g/mol. The Hall–Kier alpha value is -4.32. The number of aromatic nitrogens is 4. The number of nitrogens with one attached hydrogen (secondary N) is 1. The number of amides is 1. The molecule has 5 rings (SSSR count). The highest BCUT2D eigenvalue weighted by atomic mass is 19.1. The summed E-state index contributed by atoms with van der Waals surface area (Å²) in [6.07, 6.45) is 7.97. The lowest BCUT2D eigenvalue weighted by molar-refractivity contribution is 0.0881. The fourth-order valence-corrected chi connectivity index (χ4v) is 4.33. The Labute approximate surface area is 195 Å². The normalized spacial score (nSPS) is 15.1. The summed E-state index contributed by atoms with van der Waals surface area (Å²) >= 11 is 0. The minimum Gasteiger partial charge on any atom is -0.356 e. The van der Waals surface area contributed by atoms with E-state index < -0.39 is 17.3 Å². The van der Waals surface area contributed by atoms with Gasteiger partial charge in [-0.05, 0) is 50.1 Å². The average Bonchev–Trinajstić information content (AvgIpc) is 3.28. The summed E-state index contributed by atoms with van der Waals surface area (Å²) < 4.78 is 15.6. The SMILES string of the molecule is CC1(NC(=O)c2ncccc2F)CCN(c2ccc(-c3cccn4ncc(C#N)c34)cn2)CC1. The number of nitriles is 1. The van der Waals surface area contributed by atoms with Gasteiger partial charge in [-0.3, -0.25) is 4.79 Å². The van der Waals surface area contributed by atoms with Gasteiger partial charge in [-0.25, -0.2) is 18.9 Å². The van der Waals surface area contributed by atoms with Crippen molar-refractivity contribution >= 4 is 17.2 Å². The number of piperidine rings is 1. The molecule has 4 aromatic heterocycles. The van der Waals surface area contributed by atoms with Gasteiger partial charge in [-0.1, -0.05) is 6.07 Å². The Morgan fingerprint density at radius 1 is 1.15 bits per heavy atom. The Kier molecular flexibility index (Phi) is 5.42. The number of hydrogen-bond acceptors (Lipinski definition) is 6. The topological polar surface area (TPSA) is 99.2 Å². The van der Waals surface area contributed by atoms with E-state index >= 15 is 0 Å². The number of carbonyl (C=O) groups excluding carboxylic acids is 1. The molecule has 8 nitrogen and oxygen atoms in total. The highest BCUT2D eigenvalue weighted by molar-refractivity contribution is 5.93. The first-order valence-electron chi connectivity index (χ1n) is 11.0. The van der Waals surface area contributed by atoms with E-state index in [1.165, 1.54) is 18.3 Å². The van der Waals surface area contributed by atoms with Crippen LogP contribution in [0.2, 0.25) is 0 Å². The second-order valence-corrected chi connectivity index (χ2v) is 8.63. The molecule has 0 aliphatic carbocycles. The zero-order valence-corrected chi connectivity index (χ0v) is 18.6. The number of anilines is 1. The lowest BCUT2D eigenvalue weighted by atomic mass is 9.89.